The molecule has 1 aromatic heterocycles. The van der Waals surface area contributed by atoms with E-state index in [0.717, 1.165) is 4.57 Å². The van der Waals surface area contributed by atoms with Crippen molar-refractivity contribution in [3.05, 3.63) is 40.6 Å². The Bertz CT molecular complexity index is 953. The predicted molar refractivity (Wildman–Crippen MR) is 89.4 cm³/mol. The lowest BCUT2D eigenvalue weighted by Crippen LogP contribution is -2.41. The third-order valence-corrected chi connectivity index (χ3v) is 4.03. The van der Waals surface area contributed by atoms with Crippen LogP contribution in [-0.4, -0.2) is 29.7 Å². The fraction of sp³-hybridized carbons (Fsp3) is 0.353. The molecule has 1 N–H and O–H groups in total. The highest BCUT2D eigenvalue weighted by molar-refractivity contribution is 5.85. The van der Waals surface area contributed by atoms with Gasteiger partial charge in [0.05, 0.1) is 26.5 Å². The number of amides is 1. The first-order chi connectivity index (χ1) is 11.8. The van der Waals surface area contributed by atoms with Crippen molar-refractivity contribution in [1.29, 1.82) is 0 Å². The third-order valence-electron chi connectivity index (χ3n) is 4.03. The van der Waals surface area contributed by atoms with Crippen LogP contribution in [-0.2, 0) is 4.79 Å². The minimum atomic E-state index is -1.77. The Labute approximate surface area is 140 Å². The van der Waals surface area contributed by atoms with Gasteiger partial charge in [-0.25, -0.2) is 4.98 Å². The van der Waals surface area contributed by atoms with E-state index < -0.39 is 17.5 Å². The van der Waals surface area contributed by atoms with Crippen LogP contribution < -0.4 is 20.3 Å². The van der Waals surface area contributed by atoms with Crippen LogP contribution in [0.3, 0.4) is 0 Å². The highest BCUT2D eigenvalue weighted by atomic mass is 16.5. The van der Waals surface area contributed by atoms with E-state index in [-0.39, 0.29) is 17.6 Å². The van der Waals surface area contributed by atoms with Gasteiger partial charge in [-0.2, -0.15) is 0 Å². The zero-order chi connectivity index (χ0) is 18.4. The topological polar surface area (TPSA) is 82.4 Å². The van der Waals surface area contributed by atoms with Gasteiger partial charge >= 0.3 is 0 Å². The molecule has 0 spiro atoms. The highest BCUT2D eigenvalue weighted by Crippen LogP contribution is 2.31. The van der Waals surface area contributed by atoms with Crippen LogP contribution in [0.15, 0.2) is 29.2 Å². The predicted octanol–water partition coefficient (Wildman–Crippen LogP) is 1.69. The molecule has 0 bridgehead atoms. The average molecular weight is 330 g/mol. The number of aryl methyl sites for hydroxylation is 1. The van der Waals surface area contributed by atoms with Gasteiger partial charge in [0, 0.05) is 11.8 Å². The van der Waals surface area contributed by atoms with Crippen molar-refractivity contribution in [2.45, 2.75) is 25.8 Å². The Balaban J connectivity index is 2.28. The maximum Gasteiger partial charge on any atom is 0.262 e. The molecular formula is C17H19N3O4. The molecule has 0 radical (unpaired) electrons. The number of aromatic nitrogens is 2. The molecule has 2 aromatic rings. The van der Waals surface area contributed by atoms with Crippen LogP contribution in [0.25, 0.3) is 10.9 Å². The molecule has 1 atom stereocenters. The third kappa shape index (κ3) is 2.51. The summed E-state index contributed by atoms with van der Waals surface area (Å²) in [6, 6.07) is 1.35. The number of nitrogens with zero attached hydrogens (tertiary/aromatic N) is 2. The van der Waals surface area contributed by atoms with Crippen LogP contribution in [0.1, 0.15) is 26.1 Å². The van der Waals surface area contributed by atoms with E-state index in [1.807, 2.05) is 0 Å². The summed E-state index contributed by atoms with van der Waals surface area (Å²) in [5, 5.41) is 2.82. The van der Waals surface area contributed by atoms with Crippen molar-refractivity contribution < 1.29 is 15.6 Å². The van der Waals surface area contributed by atoms with Crippen LogP contribution >= 0.6 is 0 Å². The molecule has 7 nitrogen and oxygen atoms in total. The number of piperidine rings is 1. The van der Waals surface area contributed by atoms with Crippen LogP contribution in [0.5, 0.6) is 11.5 Å². The van der Waals surface area contributed by atoms with Crippen molar-refractivity contribution in [1.82, 2.24) is 14.9 Å². The van der Waals surface area contributed by atoms with E-state index in [4.69, 9.17) is 10.8 Å². The molecule has 0 unspecified atom stereocenters. The Hall–Kier alpha value is -2.83. The van der Waals surface area contributed by atoms with Crippen molar-refractivity contribution in [3.8, 4) is 11.5 Å². The number of methoxy groups -OCH3 is 2. The van der Waals surface area contributed by atoms with Gasteiger partial charge in [-0.3, -0.25) is 14.2 Å². The second-order valence-corrected chi connectivity index (χ2v) is 5.53. The quantitative estimate of drug-likeness (QED) is 0.926. The van der Waals surface area contributed by atoms with Gasteiger partial charge in [0.25, 0.3) is 5.56 Å². The van der Waals surface area contributed by atoms with E-state index in [0.29, 0.717) is 29.1 Å². The summed E-state index contributed by atoms with van der Waals surface area (Å²) in [4.78, 5) is 29.9. The largest absolute Gasteiger partial charge is 0.493 e. The van der Waals surface area contributed by atoms with Crippen LogP contribution in [0.4, 0.5) is 0 Å². The van der Waals surface area contributed by atoms with Gasteiger partial charge in [0.1, 0.15) is 11.8 Å². The Morgan fingerprint density at radius 3 is 2.62 bits per heavy atom. The fourth-order valence-electron chi connectivity index (χ4n) is 2.83. The number of rotatable bonds is 3. The van der Waals surface area contributed by atoms with Crippen molar-refractivity contribution >= 4 is 16.8 Å². The molecule has 1 saturated heterocycles. The fourth-order valence-corrected chi connectivity index (χ4v) is 2.83. The molecule has 1 aliphatic rings. The number of carbonyl (C=O) groups excluding carboxylic acids is 1. The Morgan fingerprint density at radius 1 is 1.33 bits per heavy atom. The summed E-state index contributed by atoms with van der Waals surface area (Å²) in [5.74, 6) is 0.522. The first-order valence-corrected chi connectivity index (χ1v) is 7.47. The summed E-state index contributed by atoms with van der Waals surface area (Å²) in [6.45, 7) is 5.31. The summed E-state index contributed by atoms with van der Waals surface area (Å²) in [6.07, 6.45) is 0.573. The minimum Gasteiger partial charge on any atom is -0.493 e. The number of benzene rings is 1. The van der Waals surface area contributed by atoms with Gasteiger partial charge in [-0.05, 0) is 25.8 Å². The first kappa shape index (κ1) is 14.7. The van der Waals surface area contributed by atoms with Crippen molar-refractivity contribution in [2.24, 2.45) is 0 Å². The standard InChI is InChI=1S/C17H19N3O4/c1-9-5-6-13(16(21)18-9)20-10(2)19-12-8-15(24-4)14(23-3)7-11(12)17(20)22/h7-8,13H,1,5-6H2,2-4H3,(H,18,21)/t13-/m1/s1/i13D. The molecule has 1 fully saturated rings. The lowest BCUT2D eigenvalue weighted by molar-refractivity contribution is -0.124. The number of hydrogen-bond acceptors (Lipinski definition) is 5. The molecule has 7 heteroatoms. The van der Waals surface area contributed by atoms with E-state index in [9.17, 15) is 9.59 Å². The molecule has 24 heavy (non-hydrogen) atoms. The van der Waals surface area contributed by atoms with Crippen LogP contribution in [0, 0.1) is 6.92 Å². The number of fused-ring (bicyclic) bond motifs is 1. The lowest BCUT2D eigenvalue weighted by atomic mass is 10.0. The summed E-state index contributed by atoms with van der Waals surface area (Å²) >= 11 is 0. The molecule has 1 aliphatic heterocycles. The average Bonchev–Trinajstić information content (AvgIpc) is 2.57. The summed E-state index contributed by atoms with van der Waals surface area (Å²) < 4.78 is 20.2. The van der Waals surface area contributed by atoms with Gasteiger partial charge in [-0.1, -0.05) is 6.58 Å². The number of ether oxygens (including phenoxy) is 2. The second kappa shape index (κ2) is 5.99. The van der Waals surface area contributed by atoms with Gasteiger partial charge < -0.3 is 14.8 Å². The van der Waals surface area contributed by atoms with Gasteiger partial charge in [0.2, 0.25) is 5.91 Å². The summed E-state index contributed by atoms with van der Waals surface area (Å²) in [7, 11) is 2.96. The van der Waals surface area contributed by atoms with E-state index in [2.05, 4.69) is 16.9 Å². The first-order valence-electron chi connectivity index (χ1n) is 7.97. The molecule has 1 amide bonds. The van der Waals surface area contributed by atoms with E-state index in [1.165, 1.54) is 20.3 Å². The molecule has 1 aromatic carbocycles. The minimum absolute atomic E-state index is 0.152. The number of nitrogens with one attached hydrogen (secondary N) is 1. The maximum atomic E-state index is 13.1. The number of allylic oxidation sites excluding steroid dienone is 1. The van der Waals surface area contributed by atoms with E-state index in [1.54, 1.807) is 13.0 Å². The molecular weight excluding hydrogens is 310 g/mol. The monoisotopic (exact) mass is 330 g/mol. The Morgan fingerprint density at radius 2 is 2.00 bits per heavy atom. The molecule has 126 valence electrons. The zero-order valence-electron chi connectivity index (χ0n) is 14.8. The molecule has 0 saturated carbocycles. The van der Waals surface area contributed by atoms with Crippen LogP contribution in [0.2, 0.25) is 0 Å². The Kier molecular flexibility index (Phi) is 3.68. The van der Waals surface area contributed by atoms with E-state index >= 15 is 0 Å². The van der Waals surface area contributed by atoms with Crippen molar-refractivity contribution in [2.75, 3.05) is 14.2 Å². The van der Waals surface area contributed by atoms with Gasteiger partial charge in [0.15, 0.2) is 11.5 Å². The summed E-state index contributed by atoms with van der Waals surface area (Å²) in [5.41, 5.74) is 0.487. The number of hydrogen-bond donors (Lipinski definition) is 1. The lowest BCUT2D eigenvalue weighted by Gasteiger charge is -2.26. The zero-order valence-corrected chi connectivity index (χ0v) is 13.8. The maximum absolute atomic E-state index is 13.1. The highest BCUT2D eigenvalue weighted by Gasteiger charge is 2.28. The van der Waals surface area contributed by atoms with Gasteiger partial charge in [-0.15, -0.1) is 0 Å². The normalized spacial score (nSPS) is 21.4. The molecule has 3 rings (SSSR count). The second-order valence-electron chi connectivity index (χ2n) is 5.53. The smallest absolute Gasteiger partial charge is 0.262 e. The van der Waals surface area contributed by atoms with Crippen molar-refractivity contribution in [3.63, 3.8) is 0 Å². The SMILES string of the molecule is [2H][C@@]1(n2c(C)nc3cc(OC)c(OC)cc3c2=O)CCC(=C)NC1=O. The number of carbonyl (C=O) groups is 1. The molecule has 0 aliphatic carbocycles. The molecule has 2 heterocycles.